The number of rotatable bonds is 5. The summed E-state index contributed by atoms with van der Waals surface area (Å²) in [6.45, 7) is 0. The quantitative estimate of drug-likeness (QED) is 0.831. The number of Topliss-reactive ketones (excluding diaryl/α,β-unsaturated/α-hetero) is 1. The van der Waals surface area contributed by atoms with E-state index in [2.05, 4.69) is 0 Å². The van der Waals surface area contributed by atoms with E-state index in [1.807, 2.05) is 36.4 Å². The molecule has 2 nitrogen and oxygen atoms in total. The molecule has 0 bridgehead atoms. The Morgan fingerprint density at radius 1 is 1.05 bits per heavy atom. The molecule has 19 heavy (non-hydrogen) atoms. The first-order valence-corrected chi connectivity index (χ1v) is 6.44. The van der Waals surface area contributed by atoms with Gasteiger partial charge >= 0.3 is 0 Å². The fourth-order valence-electron chi connectivity index (χ4n) is 1.90. The second-order valence-electron chi connectivity index (χ2n) is 4.37. The Bertz CT molecular complexity index is 561. The van der Waals surface area contributed by atoms with E-state index in [1.54, 1.807) is 19.2 Å². The third kappa shape index (κ3) is 4.11. The van der Waals surface area contributed by atoms with Gasteiger partial charge in [0.15, 0.2) is 0 Å². The highest BCUT2D eigenvalue weighted by molar-refractivity contribution is 6.30. The minimum Gasteiger partial charge on any atom is -0.497 e. The van der Waals surface area contributed by atoms with Crippen LogP contribution in [0, 0.1) is 0 Å². The molecule has 0 spiro atoms. The highest BCUT2D eigenvalue weighted by Crippen LogP contribution is 2.15. The summed E-state index contributed by atoms with van der Waals surface area (Å²) in [5, 5.41) is 0.684. The first kappa shape index (κ1) is 13.6. The molecule has 0 aliphatic heterocycles. The summed E-state index contributed by atoms with van der Waals surface area (Å²) in [5.41, 5.74) is 1.95. The van der Waals surface area contributed by atoms with E-state index < -0.39 is 0 Å². The first-order chi connectivity index (χ1) is 9.17. The monoisotopic (exact) mass is 274 g/mol. The SMILES string of the molecule is COc1cccc(CC(=O)Cc2ccc(Cl)cc2)c1. The smallest absolute Gasteiger partial charge is 0.141 e. The van der Waals surface area contributed by atoms with Gasteiger partial charge in [-0.15, -0.1) is 0 Å². The predicted octanol–water partition coefficient (Wildman–Crippen LogP) is 3.70. The van der Waals surface area contributed by atoms with E-state index >= 15 is 0 Å². The molecule has 2 aromatic carbocycles. The van der Waals surface area contributed by atoms with Crippen molar-refractivity contribution in [3.8, 4) is 5.75 Å². The van der Waals surface area contributed by atoms with Crippen LogP contribution in [0.2, 0.25) is 5.02 Å². The summed E-state index contributed by atoms with van der Waals surface area (Å²) < 4.78 is 5.14. The average molecular weight is 275 g/mol. The van der Waals surface area contributed by atoms with Gasteiger partial charge in [-0.3, -0.25) is 4.79 Å². The van der Waals surface area contributed by atoms with Crippen LogP contribution in [0.4, 0.5) is 0 Å². The molecule has 0 aliphatic rings. The van der Waals surface area contributed by atoms with Crippen LogP contribution in [0.25, 0.3) is 0 Å². The summed E-state index contributed by atoms with van der Waals surface area (Å²) in [6.07, 6.45) is 0.841. The van der Waals surface area contributed by atoms with Crippen molar-refractivity contribution in [1.29, 1.82) is 0 Å². The fraction of sp³-hybridized carbons (Fsp3) is 0.188. The van der Waals surface area contributed by atoms with Gasteiger partial charge < -0.3 is 4.74 Å². The lowest BCUT2D eigenvalue weighted by Crippen LogP contribution is -2.06. The van der Waals surface area contributed by atoms with Gasteiger partial charge in [0, 0.05) is 17.9 Å². The highest BCUT2D eigenvalue weighted by Gasteiger charge is 2.06. The standard InChI is InChI=1S/C16H15ClO2/c1-19-16-4-2-3-13(11-16)10-15(18)9-12-5-7-14(17)8-6-12/h2-8,11H,9-10H2,1H3. The van der Waals surface area contributed by atoms with Crippen LogP contribution in [0.5, 0.6) is 5.75 Å². The predicted molar refractivity (Wildman–Crippen MR) is 76.9 cm³/mol. The van der Waals surface area contributed by atoms with Crippen molar-refractivity contribution in [3.05, 3.63) is 64.7 Å². The Morgan fingerprint density at radius 2 is 1.74 bits per heavy atom. The first-order valence-electron chi connectivity index (χ1n) is 6.06. The van der Waals surface area contributed by atoms with E-state index in [0.29, 0.717) is 17.9 Å². The zero-order chi connectivity index (χ0) is 13.7. The zero-order valence-electron chi connectivity index (χ0n) is 10.7. The van der Waals surface area contributed by atoms with Crippen molar-refractivity contribution < 1.29 is 9.53 Å². The maximum Gasteiger partial charge on any atom is 0.141 e. The number of ketones is 1. The molecular weight excluding hydrogens is 260 g/mol. The van der Waals surface area contributed by atoms with Gasteiger partial charge in [-0.05, 0) is 35.4 Å². The van der Waals surface area contributed by atoms with Crippen LogP contribution in [-0.4, -0.2) is 12.9 Å². The molecule has 0 aliphatic carbocycles. The van der Waals surface area contributed by atoms with E-state index in [1.165, 1.54) is 0 Å². The van der Waals surface area contributed by atoms with E-state index in [4.69, 9.17) is 16.3 Å². The second kappa shape index (κ2) is 6.39. The lowest BCUT2D eigenvalue weighted by atomic mass is 10.0. The topological polar surface area (TPSA) is 26.3 Å². The molecule has 2 aromatic rings. The normalized spacial score (nSPS) is 10.2. The minimum absolute atomic E-state index is 0.176. The van der Waals surface area contributed by atoms with Crippen molar-refractivity contribution in [3.63, 3.8) is 0 Å². The van der Waals surface area contributed by atoms with Gasteiger partial charge in [0.25, 0.3) is 0 Å². The number of hydrogen-bond acceptors (Lipinski definition) is 2. The second-order valence-corrected chi connectivity index (χ2v) is 4.81. The number of ether oxygens (including phenoxy) is 1. The molecule has 3 heteroatoms. The van der Waals surface area contributed by atoms with Gasteiger partial charge in [0.1, 0.15) is 11.5 Å². The third-order valence-corrected chi connectivity index (χ3v) is 3.10. The fourth-order valence-corrected chi connectivity index (χ4v) is 2.03. The number of hydrogen-bond donors (Lipinski definition) is 0. The van der Waals surface area contributed by atoms with Gasteiger partial charge in [-0.1, -0.05) is 35.9 Å². The lowest BCUT2D eigenvalue weighted by molar-refractivity contribution is -0.117. The molecule has 0 saturated heterocycles. The van der Waals surface area contributed by atoms with Gasteiger partial charge in [-0.2, -0.15) is 0 Å². The van der Waals surface area contributed by atoms with Crippen molar-refractivity contribution in [2.45, 2.75) is 12.8 Å². The van der Waals surface area contributed by atoms with Crippen molar-refractivity contribution >= 4 is 17.4 Å². The van der Waals surface area contributed by atoms with Crippen LogP contribution < -0.4 is 4.74 Å². The van der Waals surface area contributed by atoms with Gasteiger partial charge in [0.05, 0.1) is 7.11 Å². The molecule has 0 amide bonds. The van der Waals surface area contributed by atoms with Crippen LogP contribution in [-0.2, 0) is 17.6 Å². The van der Waals surface area contributed by atoms with Crippen molar-refractivity contribution in [1.82, 2.24) is 0 Å². The van der Waals surface area contributed by atoms with E-state index in [0.717, 1.165) is 16.9 Å². The molecule has 0 unspecified atom stereocenters. The Morgan fingerprint density at radius 3 is 2.42 bits per heavy atom. The number of carbonyl (C=O) groups is 1. The zero-order valence-corrected chi connectivity index (χ0v) is 11.5. The third-order valence-electron chi connectivity index (χ3n) is 2.85. The van der Waals surface area contributed by atoms with Crippen LogP contribution in [0.1, 0.15) is 11.1 Å². The maximum absolute atomic E-state index is 12.0. The number of benzene rings is 2. The molecule has 0 saturated carbocycles. The summed E-state index contributed by atoms with van der Waals surface area (Å²) in [7, 11) is 1.62. The number of carbonyl (C=O) groups excluding carboxylic acids is 1. The lowest BCUT2D eigenvalue weighted by Gasteiger charge is -2.04. The molecule has 2 rings (SSSR count). The molecule has 0 N–H and O–H groups in total. The molecule has 98 valence electrons. The largest absolute Gasteiger partial charge is 0.497 e. The summed E-state index contributed by atoms with van der Waals surface area (Å²) in [4.78, 5) is 12.0. The Hall–Kier alpha value is -1.80. The van der Waals surface area contributed by atoms with Crippen molar-refractivity contribution in [2.75, 3.05) is 7.11 Å². The highest BCUT2D eigenvalue weighted by atomic mass is 35.5. The Balaban J connectivity index is 1.99. The Labute approximate surface area is 118 Å². The molecule has 0 heterocycles. The van der Waals surface area contributed by atoms with Crippen molar-refractivity contribution in [2.24, 2.45) is 0 Å². The van der Waals surface area contributed by atoms with E-state index in [9.17, 15) is 4.79 Å². The summed E-state index contributed by atoms with van der Waals surface area (Å²) in [6, 6.07) is 14.9. The van der Waals surface area contributed by atoms with Crippen LogP contribution >= 0.6 is 11.6 Å². The molecule has 0 fully saturated rings. The minimum atomic E-state index is 0.176. The molecule has 0 radical (unpaired) electrons. The molecule has 0 aromatic heterocycles. The molecular formula is C16H15ClO2. The van der Waals surface area contributed by atoms with Crippen LogP contribution in [0.15, 0.2) is 48.5 Å². The van der Waals surface area contributed by atoms with Crippen LogP contribution in [0.3, 0.4) is 0 Å². The summed E-state index contributed by atoms with van der Waals surface area (Å²) >= 11 is 5.81. The number of halogens is 1. The average Bonchev–Trinajstić information content (AvgIpc) is 2.41. The van der Waals surface area contributed by atoms with Gasteiger partial charge in [0.2, 0.25) is 0 Å². The molecule has 0 atom stereocenters. The maximum atomic E-state index is 12.0. The Kier molecular flexibility index (Phi) is 4.58. The van der Waals surface area contributed by atoms with Gasteiger partial charge in [-0.25, -0.2) is 0 Å². The summed E-state index contributed by atoms with van der Waals surface area (Å²) in [5.74, 6) is 0.951. The van der Waals surface area contributed by atoms with E-state index in [-0.39, 0.29) is 5.78 Å². The number of methoxy groups -OCH3 is 1.